The minimum Gasteiger partial charge on any atom is -0.484 e. The number of aryl methyl sites for hydroxylation is 1. The number of ether oxygens (including phenoxy) is 1. The molecule has 0 radical (unpaired) electrons. The van der Waals surface area contributed by atoms with Crippen LogP contribution < -0.4 is 15.4 Å². The summed E-state index contributed by atoms with van der Waals surface area (Å²) in [5, 5.41) is 11.4. The highest BCUT2D eigenvalue weighted by atomic mass is 35.5. The Morgan fingerprint density at radius 3 is 2.50 bits per heavy atom. The highest BCUT2D eigenvalue weighted by molar-refractivity contribution is 6.30. The van der Waals surface area contributed by atoms with E-state index in [1.165, 1.54) is 0 Å². The molecule has 3 fully saturated rings. The predicted octanol–water partition coefficient (Wildman–Crippen LogP) is 4.59. The number of halogens is 1. The van der Waals surface area contributed by atoms with Crippen LogP contribution in [-0.2, 0) is 4.79 Å². The fourth-order valence-electron chi connectivity index (χ4n) is 4.52. The van der Waals surface area contributed by atoms with Gasteiger partial charge in [-0.25, -0.2) is 0 Å². The van der Waals surface area contributed by atoms with Crippen LogP contribution in [0.2, 0.25) is 5.02 Å². The third kappa shape index (κ3) is 3.63. The quantitative estimate of drug-likeness (QED) is 0.581. The molecule has 0 unspecified atom stereocenters. The first-order valence-electron chi connectivity index (χ1n) is 9.94. The van der Waals surface area contributed by atoms with Crippen molar-refractivity contribution in [2.24, 2.45) is 0 Å². The fraction of sp³-hybridized carbons (Fsp3) is 0.304. The van der Waals surface area contributed by atoms with Gasteiger partial charge in [0.1, 0.15) is 5.75 Å². The first-order valence-corrected chi connectivity index (χ1v) is 10.3. The average Bonchev–Trinajstić information content (AvgIpc) is 3.14. The van der Waals surface area contributed by atoms with Gasteiger partial charge in [-0.1, -0.05) is 34.5 Å². The molecule has 0 spiro atoms. The van der Waals surface area contributed by atoms with Gasteiger partial charge in [-0.05, 0) is 62.6 Å². The lowest BCUT2D eigenvalue weighted by Gasteiger charge is -2.70. The van der Waals surface area contributed by atoms with E-state index in [4.69, 9.17) is 20.9 Å². The Kier molecular flexibility index (Phi) is 4.47. The number of amides is 1. The van der Waals surface area contributed by atoms with Crippen LogP contribution in [0.15, 0.2) is 59.1 Å². The van der Waals surface area contributed by atoms with Crippen molar-refractivity contribution in [3.8, 4) is 17.1 Å². The third-order valence-electron chi connectivity index (χ3n) is 5.86. The number of anilines is 1. The van der Waals surface area contributed by atoms with Gasteiger partial charge in [0.25, 0.3) is 5.91 Å². The third-order valence-corrected chi connectivity index (χ3v) is 6.11. The molecular weight excluding hydrogens is 402 g/mol. The van der Waals surface area contributed by atoms with E-state index in [1.807, 2.05) is 61.5 Å². The zero-order valence-electron chi connectivity index (χ0n) is 16.6. The Bertz CT molecular complexity index is 1060. The first-order chi connectivity index (χ1) is 14.4. The molecule has 3 saturated carbocycles. The Labute approximate surface area is 179 Å². The number of carbonyl (C=O) groups excluding carboxylic acids is 1. The molecule has 1 amide bonds. The maximum absolute atomic E-state index is 12.3. The molecule has 1 aromatic heterocycles. The predicted molar refractivity (Wildman–Crippen MR) is 115 cm³/mol. The maximum atomic E-state index is 12.3. The number of rotatable bonds is 7. The van der Waals surface area contributed by atoms with Crippen LogP contribution in [0.1, 0.15) is 24.8 Å². The number of nitrogens with one attached hydrogen (secondary N) is 2. The SMILES string of the molecule is Cc1ccc(OCC(=O)NC23CC(Nc4cc(-c5ccc(Cl)cc5)on4)(C2)C3)cc1. The monoisotopic (exact) mass is 423 g/mol. The standard InChI is InChI=1S/C23H22ClN3O3/c1-15-2-8-18(9-3-15)29-11-21(28)26-23-12-22(13-23,14-23)25-20-10-19(30-27-20)16-4-6-17(24)7-5-16/h2-10H,11-14H2,1H3,(H,25,27)(H,26,28). The molecule has 154 valence electrons. The second kappa shape index (κ2) is 7.06. The van der Waals surface area contributed by atoms with Gasteiger partial charge in [0, 0.05) is 27.7 Å². The van der Waals surface area contributed by atoms with Gasteiger partial charge >= 0.3 is 0 Å². The van der Waals surface area contributed by atoms with Crippen molar-refractivity contribution in [1.29, 1.82) is 0 Å². The number of nitrogens with zero attached hydrogens (tertiary/aromatic N) is 1. The second-order valence-electron chi connectivity index (χ2n) is 8.45. The summed E-state index contributed by atoms with van der Waals surface area (Å²) in [7, 11) is 0. The van der Waals surface area contributed by atoms with Crippen molar-refractivity contribution in [2.45, 2.75) is 37.3 Å². The van der Waals surface area contributed by atoms with Gasteiger partial charge in [0.15, 0.2) is 18.2 Å². The first kappa shape index (κ1) is 19.0. The van der Waals surface area contributed by atoms with Gasteiger partial charge in [-0.2, -0.15) is 0 Å². The van der Waals surface area contributed by atoms with Crippen LogP contribution in [0.4, 0.5) is 5.82 Å². The number of hydrogen-bond acceptors (Lipinski definition) is 5. The van der Waals surface area contributed by atoms with Gasteiger partial charge in [0.05, 0.1) is 0 Å². The number of aromatic nitrogens is 1. The highest BCUT2D eigenvalue weighted by Crippen LogP contribution is 2.61. The molecule has 2 N–H and O–H groups in total. The van der Waals surface area contributed by atoms with Gasteiger partial charge < -0.3 is 19.9 Å². The lowest BCUT2D eigenvalue weighted by molar-refractivity contribution is -0.135. The summed E-state index contributed by atoms with van der Waals surface area (Å²) in [5.74, 6) is 2.02. The van der Waals surface area contributed by atoms with E-state index in [2.05, 4.69) is 15.8 Å². The summed E-state index contributed by atoms with van der Waals surface area (Å²) in [6, 6.07) is 17.0. The largest absolute Gasteiger partial charge is 0.484 e. The van der Waals surface area contributed by atoms with E-state index < -0.39 is 0 Å². The Morgan fingerprint density at radius 2 is 1.80 bits per heavy atom. The zero-order chi connectivity index (χ0) is 20.8. The average molecular weight is 424 g/mol. The van der Waals surface area contributed by atoms with Crippen LogP contribution in [-0.4, -0.2) is 28.7 Å². The lowest BCUT2D eigenvalue weighted by atomic mass is 9.44. The molecule has 6 nitrogen and oxygen atoms in total. The van der Waals surface area contributed by atoms with E-state index in [0.717, 1.165) is 30.4 Å². The van der Waals surface area contributed by atoms with Crippen LogP contribution >= 0.6 is 11.6 Å². The zero-order valence-corrected chi connectivity index (χ0v) is 17.3. The molecule has 1 heterocycles. The van der Waals surface area contributed by atoms with Crippen LogP contribution in [0.3, 0.4) is 0 Å². The summed E-state index contributed by atoms with van der Waals surface area (Å²) in [6.45, 7) is 2.04. The molecule has 0 aliphatic heterocycles. The molecule has 0 atom stereocenters. The Hall–Kier alpha value is -2.99. The van der Waals surface area contributed by atoms with Gasteiger partial charge in [-0.3, -0.25) is 4.79 Å². The van der Waals surface area contributed by atoms with Crippen molar-refractivity contribution in [2.75, 3.05) is 11.9 Å². The van der Waals surface area contributed by atoms with E-state index in [-0.39, 0.29) is 23.6 Å². The summed E-state index contributed by atoms with van der Waals surface area (Å²) >= 11 is 5.93. The molecule has 2 bridgehead atoms. The minimum absolute atomic E-state index is 0.0146. The molecule has 3 aromatic rings. The molecular formula is C23H22ClN3O3. The Morgan fingerprint density at radius 1 is 1.10 bits per heavy atom. The van der Waals surface area contributed by atoms with Crippen LogP contribution in [0.5, 0.6) is 5.75 Å². The summed E-state index contributed by atoms with van der Waals surface area (Å²) in [6.07, 6.45) is 2.62. The number of hydrogen-bond donors (Lipinski definition) is 2. The number of carbonyl (C=O) groups is 1. The van der Waals surface area contributed by atoms with Gasteiger partial charge in [-0.15, -0.1) is 0 Å². The summed E-state index contributed by atoms with van der Waals surface area (Å²) in [5.41, 5.74) is 1.95. The van der Waals surface area contributed by atoms with Crippen molar-refractivity contribution < 1.29 is 14.1 Å². The smallest absolute Gasteiger partial charge is 0.258 e. The van der Waals surface area contributed by atoms with Crippen LogP contribution in [0, 0.1) is 6.92 Å². The molecule has 3 aliphatic rings. The normalized spacial score (nSPS) is 23.8. The summed E-state index contributed by atoms with van der Waals surface area (Å²) in [4.78, 5) is 12.3. The molecule has 0 saturated heterocycles. The molecule has 7 heteroatoms. The van der Waals surface area contributed by atoms with Crippen molar-refractivity contribution >= 4 is 23.3 Å². The van der Waals surface area contributed by atoms with Crippen molar-refractivity contribution in [1.82, 2.24) is 10.5 Å². The minimum atomic E-state index is -0.122. The molecule has 2 aromatic carbocycles. The Balaban J connectivity index is 1.11. The lowest BCUT2D eigenvalue weighted by Crippen LogP contribution is -2.81. The second-order valence-corrected chi connectivity index (χ2v) is 8.89. The maximum Gasteiger partial charge on any atom is 0.258 e. The van der Waals surface area contributed by atoms with Crippen molar-refractivity contribution in [3.63, 3.8) is 0 Å². The van der Waals surface area contributed by atoms with Crippen LogP contribution in [0.25, 0.3) is 11.3 Å². The number of benzene rings is 2. The highest BCUT2D eigenvalue weighted by Gasteiger charge is 2.69. The van der Waals surface area contributed by atoms with E-state index in [0.29, 0.717) is 22.4 Å². The fourth-order valence-corrected chi connectivity index (χ4v) is 4.65. The summed E-state index contributed by atoms with van der Waals surface area (Å²) < 4.78 is 11.0. The van der Waals surface area contributed by atoms with Gasteiger partial charge in [0.2, 0.25) is 0 Å². The molecule has 6 rings (SSSR count). The molecule has 30 heavy (non-hydrogen) atoms. The van der Waals surface area contributed by atoms with E-state index >= 15 is 0 Å². The van der Waals surface area contributed by atoms with Crippen molar-refractivity contribution in [3.05, 3.63) is 65.2 Å². The molecule has 3 aliphatic carbocycles. The topological polar surface area (TPSA) is 76.4 Å². The van der Waals surface area contributed by atoms with E-state index in [1.54, 1.807) is 0 Å². The van der Waals surface area contributed by atoms with E-state index in [9.17, 15) is 4.79 Å².